The molecule has 1 atom stereocenters. The Morgan fingerprint density at radius 1 is 1.16 bits per heavy atom. The summed E-state index contributed by atoms with van der Waals surface area (Å²) in [5.74, 6) is -0.234. The summed E-state index contributed by atoms with van der Waals surface area (Å²) in [6.45, 7) is 3.91. The van der Waals surface area contributed by atoms with Crippen molar-refractivity contribution in [2.24, 2.45) is 0 Å². The number of nitrogens with one attached hydrogen (secondary N) is 2. The lowest BCUT2D eigenvalue weighted by molar-refractivity contribution is -0.117. The van der Waals surface area contributed by atoms with Gasteiger partial charge in [0.05, 0.1) is 17.3 Å². The maximum Gasteiger partial charge on any atom is 0.232 e. The summed E-state index contributed by atoms with van der Waals surface area (Å²) in [6.07, 6.45) is 0.725. The van der Waals surface area contributed by atoms with E-state index in [9.17, 15) is 4.79 Å². The zero-order chi connectivity index (χ0) is 17.8. The summed E-state index contributed by atoms with van der Waals surface area (Å²) in [4.78, 5) is 12.9. The average molecular weight is 354 g/mol. The van der Waals surface area contributed by atoms with Crippen molar-refractivity contribution in [1.29, 1.82) is 0 Å². The van der Waals surface area contributed by atoms with Crippen LogP contribution in [0.5, 0.6) is 0 Å². The Balaban J connectivity index is 1.89. The summed E-state index contributed by atoms with van der Waals surface area (Å²) in [5, 5.41) is 11.0. The predicted octanol–water partition coefficient (Wildman–Crippen LogP) is 5.17. The normalized spacial score (nSPS) is 12.0. The van der Waals surface area contributed by atoms with E-state index in [1.165, 1.54) is 0 Å². The predicted molar refractivity (Wildman–Crippen MR) is 102 cm³/mol. The molecule has 0 saturated carbocycles. The minimum absolute atomic E-state index is 0.0339. The van der Waals surface area contributed by atoms with E-state index < -0.39 is 0 Å². The number of rotatable bonds is 5. The molecule has 0 aliphatic heterocycles. The number of benzene rings is 2. The number of aryl methyl sites for hydroxylation is 1. The van der Waals surface area contributed by atoms with Crippen molar-refractivity contribution in [2.75, 3.05) is 5.32 Å². The van der Waals surface area contributed by atoms with Gasteiger partial charge in [-0.05, 0) is 31.0 Å². The molecular weight excluding hydrogens is 334 g/mol. The highest BCUT2D eigenvalue weighted by molar-refractivity contribution is 6.30. The van der Waals surface area contributed by atoms with E-state index >= 15 is 0 Å². The Kier molecular flexibility index (Phi) is 5.19. The van der Waals surface area contributed by atoms with E-state index in [1.54, 1.807) is 0 Å². The maximum absolute atomic E-state index is 12.9. The molecule has 1 unspecified atom stereocenters. The second-order valence-corrected chi connectivity index (χ2v) is 6.38. The first-order valence-corrected chi connectivity index (χ1v) is 8.64. The highest BCUT2D eigenvalue weighted by Gasteiger charge is 2.22. The van der Waals surface area contributed by atoms with Crippen LogP contribution in [0.3, 0.4) is 0 Å². The van der Waals surface area contributed by atoms with Gasteiger partial charge >= 0.3 is 0 Å². The maximum atomic E-state index is 12.9. The molecule has 1 aromatic heterocycles. The Morgan fingerprint density at radius 3 is 2.48 bits per heavy atom. The van der Waals surface area contributed by atoms with Crippen molar-refractivity contribution in [3.8, 4) is 11.3 Å². The molecule has 128 valence electrons. The fraction of sp³-hybridized carbons (Fsp3) is 0.200. The van der Waals surface area contributed by atoms with Crippen molar-refractivity contribution in [3.05, 3.63) is 70.9 Å². The summed E-state index contributed by atoms with van der Waals surface area (Å²) < 4.78 is 0. The van der Waals surface area contributed by atoms with E-state index in [2.05, 4.69) is 15.5 Å². The molecule has 0 radical (unpaired) electrons. The Hall–Kier alpha value is -2.59. The van der Waals surface area contributed by atoms with Crippen LogP contribution in [-0.2, 0) is 4.79 Å². The molecule has 1 amide bonds. The number of halogens is 1. The number of carbonyl (C=O) groups excluding carboxylic acids is 1. The van der Waals surface area contributed by atoms with Gasteiger partial charge in [0.2, 0.25) is 5.91 Å². The standard InChI is InChI=1S/C20H20ClN3O/c1-3-17(14-7-5-4-6-8-14)20(25)22-18-13(2)23-24-19(18)15-9-11-16(21)12-10-15/h4-12,17H,3H2,1-2H3,(H,22,25)(H,23,24). The van der Waals surface area contributed by atoms with E-state index in [-0.39, 0.29) is 11.8 Å². The number of anilines is 1. The Bertz CT molecular complexity index is 856. The summed E-state index contributed by atoms with van der Waals surface area (Å²) in [5.41, 5.74) is 4.15. The summed E-state index contributed by atoms with van der Waals surface area (Å²) in [7, 11) is 0. The molecule has 3 aromatic rings. The molecule has 2 N–H and O–H groups in total. The van der Waals surface area contributed by atoms with Gasteiger partial charge in [0, 0.05) is 10.6 Å². The SMILES string of the molecule is CCC(C(=O)Nc1c(-c2ccc(Cl)cc2)n[nH]c1C)c1ccccc1. The second kappa shape index (κ2) is 7.53. The van der Waals surface area contributed by atoms with Crippen LogP contribution in [-0.4, -0.2) is 16.1 Å². The molecule has 1 heterocycles. The van der Waals surface area contributed by atoms with Crippen LogP contribution >= 0.6 is 11.6 Å². The first kappa shape index (κ1) is 17.2. The number of H-pyrrole nitrogens is 1. The second-order valence-electron chi connectivity index (χ2n) is 5.94. The molecule has 5 heteroatoms. The molecule has 0 aliphatic carbocycles. The Labute approximate surface area is 152 Å². The minimum Gasteiger partial charge on any atom is -0.322 e. The lowest BCUT2D eigenvalue weighted by atomic mass is 9.95. The van der Waals surface area contributed by atoms with Gasteiger partial charge in [-0.2, -0.15) is 5.10 Å². The zero-order valence-corrected chi connectivity index (χ0v) is 15.0. The van der Waals surface area contributed by atoms with Crippen LogP contribution in [0.25, 0.3) is 11.3 Å². The summed E-state index contributed by atoms with van der Waals surface area (Å²) >= 11 is 5.96. The van der Waals surface area contributed by atoms with Crippen LogP contribution < -0.4 is 5.32 Å². The van der Waals surface area contributed by atoms with Crippen molar-refractivity contribution < 1.29 is 4.79 Å². The van der Waals surface area contributed by atoms with Gasteiger partial charge in [-0.1, -0.05) is 61.0 Å². The molecule has 4 nitrogen and oxygen atoms in total. The third kappa shape index (κ3) is 3.74. The average Bonchev–Trinajstić information content (AvgIpc) is 2.98. The molecule has 3 rings (SSSR count). The van der Waals surface area contributed by atoms with Crippen LogP contribution in [0.2, 0.25) is 5.02 Å². The topological polar surface area (TPSA) is 57.8 Å². The molecule has 0 aliphatic rings. The lowest BCUT2D eigenvalue weighted by Crippen LogP contribution is -2.21. The van der Waals surface area contributed by atoms with Crippen LogP contribution in [0.15, 0.2) is 54.6 Å². The molecule has 25 heavy (non-hydrogen) atoms. The molecule has 0 saturated heterocycles. The van der Waals surface area contributed by atoms with Gasteiger partial charge in [0.25, 0.3) is 0 Å². The molecular formula is C20H20ClN3O. The fourth-order valence-corrected chi connectivity index (χ4v) is 2.99. The number of aromatic nitrogens is 2. The first-order chi connectivity index (χ1) is 12.1. The third-order valence-corrected chi connectivity index (χ3v) is 4.49. The molecule has 0 spiro atoms. The number of hydrogen-bond donors (Lipinski definition) is 2. The van der Waals surface area contributed by atoms with Crippen LogP contribution in [0, 0.1) is 6.92 Å². The van der Waals surface area contributed by atoms with Gasteiger partial charge in [-0.15, -0.1) is 0 Å². The molecule has 0 bridgehead atoms. The smallest absolute Gasteiger partial charge is 0.232 e. The van der Waals surface area contributed by atoms with Gasteiger partial charge in [0.1, 0.15) is 5.69 Å². The highest BCUT2D eigenvalue weighted by atomic mass is 35.5. The summed E-state index contributed by atoms with van der Waals surface area (Å²) in [6, 6.07) is 17.2. The van der Waals surface area contributed by atoms with E-state index in [4.69, 9.17) is 11.6 Å². The zero-order valence-electron chi connectivity index (χ0n) is 14.2. The number of carbonyl (C=O) groups is 1. The van der Waals surface area contributed by atoms with E-state index in [0.717, 1.165) is 23.2 Å². The monoisotopic (exact) mass is 353 g/mol. The van der Waals surface area contributed by atoms with Crippen molar-refractivity contribution in [1.82, 2.24) is 10.2 Å². The van der Waals surface area contributed by atoms with Crippen LogP contribution in [0.4, 0.5) is 5.69 Å². The number of amides is 1. The third-order valence-electron chi connectivity index (χ3n) is 4.24. The first-order valence-electron chi connectivity index (χ1n) is 8.27. The van der Waals surface area contributed by atoms with Gasteiger partial charge in [-0.25, -0.2) is 0 Å². The fourth-order valence-electron chi connectivity index (χ4n) is 2.87. The van der Waals surface area contributed by atoms with Gasteiger partial charge in [-0.3, -0.25) is 9.89 Å². The number of nitrogens with zero attached hydrogens (tertiary/aromatic N) is 1. The van der Waals surface area contributed by atoms with Gasteiger partial charge in [0.15, 0.2) is 0 Å². The van der Waals surface area contributed by atoms with E-state index in [1.807, 2.05) is 68.4 Å². The van der Waals surface area contributed by atoms with Crippen molar-refractivity contribution in [3.63, 3.8) is 0 Å². The Morgan fingerprint density at radius 2 is 1.84 bits per heavy atom. The quantitative estimate of drug-likeness (QED) is 0.664. The van der Waals surface area contributed by atoms with Gasteiger partial charge < -0.3 is 5.32 Å². The van der Waals surface area contributed by atoms with Crippen LogP contribution in [0.1, 0.15) is 30.5 Å². The van der Waals surface area contributed by atoms with E-state index in [0.29, 0.717) is 16.4 Å². The molecule has 0 fully saturated rings. The minimum atomic E-state index is -0.200. The lowest BCUT2D eigenvalue weighted by Gasteiger charge is -2.16. The highest BCUT2D eigenvalue weighted by Crippen LogP contribution is 2.31. The van der Waals surface area contributed by atoms with Crippen molar-refractivity contribution in [2.45, 2.75) is 26.2 Å². The molecule has 2 aromatic carbocycles. The van der Waals surface area contributed by atoms with Crippen molar-refractivity contribution >= 4 is 23.2 Å². The largest absolute Gasteiger partial charge is 0.322 e. The number of aromatic amines is 1. The number of hydrogen-bond acceptors (Lipinski definition) is 2.